The van der Waals surface area contributed by atoms with Crippen molar-refractivity contribution in [2.75, 3.05) is 0 Å². The second-order valence-corrected chi connectivity index (χ2v) is 1.43. The van der Waals surface area contributed by atoms with Gasteiger partial charge in [0.05, 0.1) is 18.9 Å². The summed E-state index contributed by atoms with van der Waals surface area (Å²) in [4.78, 5) is 9.83. The average Bonchev–Trinajstić information content (AvgIpc) is 1.80. The SMILES string of the molecule is N#CCC=CCC(=O)O. The average molecular weight is 125 g/mol. The quantitative estimate of drug-likeness (QED) is 0.571. The molecule has 0 radical (unpaired) electrons. The van der Waals surface area contributed by atoms with Crippen molar-refractivity contribution in [2.45, 2.75) is 12.8 Å². The van der Waals surface area contributed by atoms with Gasteiger partial charge in [-0.25, -0.2) is 0 Å². The third-order valence-electron chi connectivity index (χ3n) is 0.668. The highest BCUT2D eigenvalue weighted by atomic mass is 16.4. The molecule has 0 aromatic carbocycles. The molecule has 0 aliphatic heterocycles. The van der Waals surface area contributed by atoms with Gasteiger partial charge in [0, 0.05) is 0 Å². The van der Waals surface area contributed by atoms with Gasteiger partial charge in [-0.1, -0.05) is 12.2 Å². The van der Waals surface area contributed by atoms with E-state index in [2.05, 4.69) is 0 Å². The Morgan fingerprint density at radius 2 is 2.33 bits per heavy atom. The molecular formula is C6H7NO2. The van der Waals surface area contributed by atoms with E-state index < -0.39 is 5.97 Å². The third-order valence-corrected chi connectivity index (χ3v) is 0.668. The summed E-state index contributed by atoms with van der Waals surface area (Å²) in [5.41, 5.74) is 0. The van der Waals surface area contributed by atoms with E-state index in [1.165, 1.54) is 12.2 Å². The molecule has 0 saturated carbocycles. The molecule has 0 heterocycles. The summed E-state index contributed by atoms with van der Waals surface area (Å²) < 4.78 is 0. The van der Waals surface area contributed by atoms with Gasteiger partial charge in [-0.2, -0.15) is 5.26 Å². The Hall–Kier alpha value is -1.30. The molecule has 0 rings (SSSR count). The minimum Gasteiger partial charge on any atom is -0.481 e. The standard InChI is InChI=1S/C6H7NO2/c7-5-3-1-2-4-6(8)9/h1-2H,3-4H2,(H,8,9). The number of hydrogen-bond acceptors (Lipinski definition) is 2. The highest BCUT2D eigenvalue weighted by Crippen LogP contribution is 1.84. The number of nitrogens with zero attached hydrogens (tertiary/aromatic N) is 1. The van der Waals surface area contributed by atoms with E-state index in [9.17, 15) is 4.79 Å². The first-order valence-corrected chi connectivity index (χ1v) is 2.51. The van der Waals surface area contributed by atoms with Gasteiger partial charge in [-0.05, 0) is 0 Å². The van der Waals surface area contributed by atoms with Gasteiger partial charge in [0.15, 0.2) is 0 Å². The highest BCUT2D eigenvalue weighted by Gasteiger charge is 1.86. The summed E-state index contributed by atoms with van der Waals surface area (Å²) in [7, 11) is 0. The largest absolute Gasteiger partial charge is 0.481 e. The number of rotatable bonds is 3. The minimum atomic E-state index is -0.871. The zero-order valence-corrected chi connectivity index (χ0v) is 4.87. The fourth-order valence-corrected chi connectivity index (χ4v) is 0.320. The summed E-state index contributed by atoms with van der Waals surface area (Å²) in [6.45, 7) is 0. The molecule has 0 aliphatic carbocycles. The Kier molecular flexibility index (Phi) is 4.15. The van der Waals surface area contributed by atoms with Crippen LogP contribution in [0.3, 0.4) is 0 Å². The van der Waals surface area contributed by atoms with Crippen LogP contribution in [0.2, 0.25) is 0 Å². The molecule has 0 aromatic rings. The Balaban J connectivity index is 3.28. The van der Waals surface area contributed by atoms with Crippen LogP contribution in [0, 0.1) is 11.3 Å². The van der Waals surface area contributed by atoms with Crippen molar-refractivity contribution < 1.29 is 9.90 Å². The van der Waals surface area contributed by atoms with Gasteiger partial charge >= 0.3 is 5.97 Å². The van der Waals surface area contributed by atoms with Gasteiger partial charge in [-0.15, -0.1) is 0 Å². The van der Waals surface area contributed by atoms with Crippen LogP contribution in [0.5, 0.6) is 0 Å². The molecule has 9 heavy (non-hydrogen) atoms. The van der Waals surface area contributed by atoms with Gasteiger partial charge < -0.3 is 5.11 Å². The van der Waals surface area contributed by atoms with Crippen molar-refractivity contribution in [3.05, 3.63) is 12.2 Å². The van der Waals surface area contributed by atoms with Crippen molar-refractivity contribution >= 4 is 5.97 Å². The molecule has 48 valence electrons. The lowest BCUT2D eigenvalue weighted by Gasteiger charge is -1.79. The maximum Gasteiger partial charge on any atom is 0.307 e. The van der Waals surface area contributed by atoms with Crippen molar-refractivity contribution in [1.29, 1.82) is 5.26 Å². The molecule has 0 fully saturated rings. The Labute approximate surface area is 53.2 Å². The molecule has 0 atom stereocenters. The van der Waals surface area contributed by atoms with Crippen molar-refractivity contribution in [1.82, 2.24) is 0 Å². The normalized spacial score (nSPS) is 9.22. The van der Waals surface area contributed by atoms with Crippen LogP contribution in [-0.4, -0.2) is 11.1 Å². The van der Waals surface area contributed by atoms with Gasteiger partial charge in [-0.3, -0.25) is 4.79 Å². The first-order chi connectivity index (χ1) is 4.27. The van der Waals surface area contributed by atoms with E-state index in [-0.39, 0.29) is 12.8 Å². The molecule has 0 aromatic heterocycles. The van der Waals surface area contributed by atoms with E-state index in [4.69, 9.17) is 10.4 Å². The second-order valence-electron chi connectivity index (χ2n) is 1.43. The van der Waals surface area contributed by atoms with E-state index in [0.717, 1.165) is 0 Å². The van der Waals surface area contributed by atoms with E-state index >= 15 is 0 Å². The molecule has 1 N–H and O–H groups in total. The summed E-state index contributed by atoms with van der Waals surface area (Å²) >= 11 is 0. The van der Waals surface area contributed by atoms with E-state index in [0.29, 0.717) is 0 Å². The predicted octanol–water partition coefficient (Wildman–Crippen LogP) is 0.931. The van der Waals surface area contributed by atoms with Crippen LogP contribution in [-0.2, 0) is 4.79 Å². The van der Waals surface area contributed by atoms with Crippen molar-refractivity contribution in [3.8, 4) is 6.07 Å². The topological polar surface area (TPSA) is 61.1 Å². The fourth-order valence-electron chi connectivity index (χ4n) is 0.320. The number of allylic oxidation sites excluding steroid dienone is 1. The Morgan fingerprint density at radius 3 is 2.78 bits per heavy atom. The molecule has 3 nitrogen and oxygen atoms in total. The maximum atomic E-state index is 9.83. The monoisotopic (exact) mass is 125 g/mol. The molecule has 0 aliphatic rings. The smallest absolute Gasteiger partial charge is 0.307 e. The lowest BCUT2D eigenvalue weighted by Crippen LogP contribution is -1.89. The zero-order chi connectivity index (χ0) is 7.11. The summed E-state index contributed by atoms with van der Waals surface area (Å²) in [6.07, 6.45) is 3.29. The summed E-state index contributed by atoms with van der Waals surface area (Å²) in [5, 5.41) is 16.1. The lowest BCUT2D eigenvalue weighted by molar-refractivity contribution is -0.136. The molecule has 0 unspecified atom stereocenters. The zero-order valence-electron chi connectivity index (χ0n) is 4.87. The first-order valence-electron chi connectivity index (χ1n) is 2.51. The van der Waals surface area contributed by atoms with Crippen LogP contribution in [0.15, 0.2) is 12.2 Å². The van der Waals surface area contributed by atoms with E-state index in [1.54, 1.807) is 0 Å². The first kappa shape index (κ1) is 7.70. The Morgan fingerprint density at radius 1 is 1.67 bits per heavy atom. The number of aliphatic carboxylic acids is 1. The van der Waals surface area contributed by atoms with Crippen LogP contribution in [0.4, 0.5) is 0 Å². The van der Waals surface area contributed by atoms with Crippen LogP contribution in [0.25, 0.3) is 0 Å². The molecular weight excluding hydrogens is 118 g/mol. The number of carboxylic acid groups (broad SMARTS) is 1. The van der Waals surface area contributed by atoms with Crippen molar-refractivity contribution in [2.24, 2.45) is 0 Å². The molecule has 3 heteroatoms. The molecule has 0 bridgehead atoms. The van der Waals surface area contributed by atoms with Crippen LogP contribution >= 0.6 is 0 Å². The molecule has 0 spiro atoms. The maximum absolute atomic E-state index is 9.83. The molecule has 0 amide bonds. The Bertz CT molecular complexity index is 155. The number of hydrogen-bond donors (Lipinski definition) is 1. The number of carboxylic acids is 1. The van der Waals surface area contributed by atoms with Gasteiger partial charge in [0.25, 0.3) is 0 Å². The minimum absolute atomic E-state index is 0.00167. The fraction of sp³-hybridized carbons (Fsp3) is 0.333. The number of nitriles is 1. The van der Waals surface area contributed by atoms with Gasteiger partial charge in [0.2, 0.25) is 0 Å². The van der Waals surface area contributed by atoms with Gasteiger partial charge in [0.1, 0.15) is 0 Å². The summed E-state index contributed by atoms with van der Waals surface area (Å²) in [6, 6.07) is 1.86. The summed E-state index contributed by atoms with van der Waals surface area (Å²) in [5.74, 6) is -0.871. The van der Waals surface area contributed by atoms with E-state index in [1.807, 2.05) is 6.07 Å². The lowest BCUT2D eigenvalue weighted by atomic mass is 10.3. The van der Waals surface area contributed by atoms with Crippen molar-refractivity contribution in [3.63, 3.8) is 0 Å². The predicted molar refractivity (Wildman–Crippen MR) is 31.6 cm³/mol. The second kappa shape index (κ2) is 4.85. The highest BCUT2D eigenvalue weighted by molar-refractivity contribution is 5.68. The third kappa shape index (κ3) is 6.70. The molecule has 0 saturated heterocycles. The van der Waals surface area contributed by atoms with Crippen LogP contribution < -0.4 is 0 Å². The number of carbonyl (C=O) groups is 1. The van der Waals surface area contributed by atoms with Crippen LogP contribution in [0.1, 0.15) is 12.8 Å².